The molecular formula is C17H26FN3. The van der Waals surface area contributed by atoms with Crippen LogP contribution in [0.2, 0.25) is 0 Å². The van der Waals surface area contributed by atoms with Gasteiger partial charge in [-0.2, -0.15) is 0 Å². The first-order valence-corrected chi connectivity index (χ1v) is 8.13. The highest BCUT2D eigenvalue weighted by Gasteiger charge is 2.27. The first kappa shape index (κ1) is 14.8. The molecule has 1 saturated carbocycles. The quantitative estimate of drug-likeness (QED) is 0.903. The largest absolute Gasteiger partial charge is 0.366 e. The minimum absolute atomic E-state index is 0.0571. The Morgan fingerprint density at radius 3 is 2.57 bits per heavy atom. The lowest BCUT2D eigenvalue weighted by Gasteiger charge is -2.37. The van der Waals surface area contributed by atoms with Crippen LogP contribution in [0.25, 0.3) is 0 Å². The second-order valence-corrected chi connectivity index (χ2v) is 6.66. The molecule has 1 aliphatic heterocycles. The van der Waals surface area contributed by atoms with Crippen LogP contribution >= 0.6 is 0 Å². The number of halogens is 1. The number of anilines is 1. The van der Waals surface area contributed by atoms with Gasteiger partial charge in [-0.1, -0.05) is 12.1 Å². The van der Waals surface area contributed by atoms with E-state index in [0.29, 0.717) is 0 Å². The number of piperazine rings is 1. The highest BCUT2D eigenvalue weighted by Crippen LogP contribution is 2.31. The lowest BCUT2D eigenvalue weighted by molar-refractivity contribution is 0.247. The molecule has 4 heteroatoms. The van der Waals surface area contributed by atoms with Gasteiger partial charge < -0.3 is 10.6 Å². The lowest BCUT2D eigenvalue weighted by Crippen LogP contribution is -2.47. The van der Waals surface area contributed by atoms with Crippen LogP contribution in [-0.4, -0.2) is 43.7 Å². The molecule has 1 unspecified atom stereocenters. The van der Waals surface area contributed by atoms with Gasteiger partial charge in [0.2, 0.25) is 0 Å². The Labute approximate surface area is 126 Å². The molecule has 1 heterocycles. The molecule has 21 heavy (non-hydrogen) atoms. The Morgan fingerprint density at radius 1 is 1.24 bits per heavy atom. The van der Waals surface area contributed by atoms with Crippen molar-refractivity contribution in [1.82, 2.24) is 4.90 Å². The van der Waals surface area contributed by atoms with Crippen molar-refractivity contribution in [2.75, 3.05) is 37.6 Å². The zero-order valence-corrected chi connectivity index (χ0v) is 12.9. The SMILES string of the molecule is CC(N)Cc1cccc(F)c1N1CCN(CC2CC2)CC1. The molecule has 1 saturated heterocycles. The van der Waals surface area contributed by atoms with Crippen LogP contribution < -0.4 is 10.6 Å². The summed E-state index contributed by atoms with van der Waals surface area (Å²) >= 11 is 0. The minimum Gasteiger partial charge on any atom is -0.366 e. The van der Waals surface area contributed by atoms with Crippen molar-refractivity contribution in [2.45, 2.75) is 32.2 Å². The van der Waals surface area contributed by atoms with Crippen LogP contribution in [-0.2, 0) is 6.42 Å². The summed E-state index contributed by atoms with van der Waals surface area (Å²) in [6, 6.07) is 5.43. The third-order valence-electron chi connectivity index (χ3n) is 4.51. The Balaban J connectivity index is 1.68. The summed E-state index contributed by atoms with van der Waals surface area (Å²) in [5.41, 5.74) is 7.73. The van der Waals surface area contributed by atoms with Crippen LogP contribution in [0.3, 0.4) is 0 Å². The first-order chi connectivity index (χ1) is 10.1. The van der Waals surface area contributed by atoms with Gasteiger partial charge in [-0.25, -0.2) is 4.39 Å². The molecule has 2 fully saturated rings. The van der Waals surface area contributed by atoms with Crippen molar-refractivity contribution in [3.05, 3.63) is 29.6 Å². The Bertz CT molecular complexity index is 477. The summed E-state index contributed by atoms with van der Waals surface area (Å²) in [5.74, 6) is 0.822. The molecule has 0 amide bonds. The number of nitrogens with two attached hydrogens (primary N) is 1. The molecular weight excluding hydrogens is 265 g/mol. The number of hydrogen-bond donors (Lipinski definition) is 1. The average Bonchev–Trinajstić information content (AvgIpc) is 3.24. The van der Waals surface area contributed by atoms with Gasteiger partial charge in [0.05, 0.1) is 5.69 Å². The highest BCUT2D eigenvalue weighted by molar-refractivity contribution is 5.55. The highest BCUT2D eigenvalue weighted by atomic mass is 19.1. The van der Waals surface area contributed by atoms with Gasteiger partial charge in [0.15, 0.2) is 0 Å². The third kappa shape index (κ3) is 3.74. The molecule has 0 spiro atoms. The van der Waals surface area contributed by atoms with Crippen molar-refractivity contribution in [2.24, 2.45) is 11.7 Å². The maximum Gasteiger partial charge on any atom is 0.146 e. The third-order valence-corrected chi connectivity index (χ3v) is 4.51. The van der Waals surface area contributed by atoms with E-state index in [9.17, 15) is 4.39 Å². The fraction of sp³-hybridized carbons (Fsp3) is 0.647. The predicted molar refractivity (Wildman–Crippen MR) is 85.1 cm³/mol. The molecule has 2 N–H and O–H groups in total. The topological polar surface area (TPSA) is 32.5 Å². The fourth-order valence-corrected chi connectivity index (χ4v) is 3.25. The monoisotopic (exact) mass is 291 g/mol. The van der Waals surface area contributed by atoms with Crippen LogP contribution in [0, 0.1) is 11.7 Å². The minimum atomic E-state index is -0.108. The molecule has 2 aliphatic rings. The smallest absolute Gasteiger partial charge is 0.146 e. The van der Waals surface area contributed by atoms with Crippen molar-refractivity contribution < 1.29 is 4.39 Å². The molecule has 0 radical (unpaired) electrons. The molecule has 1 aromatic rings. The summed E-state index contributed by atoms with van der Waals surface area (Å²) in [6.07, 6.45) is 3.52. The molecule has 1 atom stereocenters. The zero-order chi connectivity index (χ0) is 14.8. The maximum absolute atomic E-state index is 14.3. The van der Waals surface area contributed by atoms with Crippen LogP contribution in [0.5, 0.6) is 0 Å². The molecule has 0 aromatic heterocycles. The van der Waals surface area contributed by atoms with Gasteiger partial charge in [0, 0.05) is 38.8 Å². The first-order valence-electron chi connectivity index (χ1n) is 8.13. The van der Waals surface area contributed by atoms with Gasteiger partial charge in [0.25, 0.3) is 0 Å². The average molecular weight is 291 g/mol. The van der Waals surface area contributed by atoms with Gasteiger partial charge in [0.1, 0.15) is 5.82 Å². The standard InChI is InChI=1S/C17H26FN3/c1-13(19)11-15-3-2-4-16(18)17(15)21-9-7-20(8-10-21)12-14-5-6-14/h2-4,13-14H,5-12,19H2,1H3. The van der Waals surface area contributed by atoms with Gasteiger partial charge in [-0.15, -0.1) is 0 Å². The molecule has 1 aliphatic carbocycles. The Hall–Kier alpha value is -1.13. The summed E-state index contributed by atoms with van der Waals surface area (Å²) < 4.78 is 14.3. The Morgan fingerprint density at radius 2 is 1.95 bits per heavy atom. The molecule has 1 aromatic carbocycles. The van der Waals surface area contributed by atoms with Gasteiger partial charge in [-0.05, 0) is 43.7 Å². The van der Waals surface area contributed by atoms with Gasteiger partial charge in [-0.3, -0.25) is 4.90 Å². The second-order valence-electron chi connectivity index (χ2n) is 6.66. The summed E-state index contributed by atoms with van der Waals surface area (Å²) in [4.78, 5) is 4.73. The second kappa shape index (κ2) is 6.32. The van der Waals surface area contributed by atoms with E-state index in [2.05, 4.69) is 9.80 Å². The molecule has 0 bridgehead atoms. The predicted octanol–water partition coefficient (Wildman–Crippen LogP) is 2.25. The van der Waals surface area contributed by atoms with Crippen LogP contribution in [0.1, 0.15) is 25.3 Å². The summed E-state index contributed by atoms with van der Waals surface area (Å²) in [6.45, 7) is 7.13. The van der Waals surface area contributed by atoms with Crippen LogP contribution in [0.4, 0.5) is 10.1 Å². The fourth-order valence-electron chi connectivity index (χ4n) is 3.25. The van der Waals surface area contributed by atoms with E-state index < -0.39 is 0 Å². The lowest BCUT2D eigenvalue weighted by atomic mass is 10.0. The van der Waals surface area contributed by atoms with Crippen molar-refractivity contribution in [3.8, 4) is 0 Å². The molecule has 3 rings (SSSR count). The normalized spacial score (nSPS) is 21.6. The van der Waals surface area contributed by atoms with Crippen LogP contribution in [0.15, 0.2) is 18.2 Å². The van der Waals surface area contributed by atoms with Crippen molar-refractivity contribution in [3.63, 3.8) is 0 Å². The number of para-hydroxylation sites is 1. The number of nitrogens with zero attached hydrogens (tertiary/aromatic N) is 2. The van der Waals surface area contributed by atoms with E-state index in [-0.39, 0.29) is 11.9 Å². The zero-order valence-electron chi connectivity index (χ0n) is 12.9. The van der Waals surface area contributed by atoms with Crippen molar-refractivity contribution >= 4 is 5.69 Å². The number of rotatable bonds is 5. The molecule has 3 nitrogen and oxygen atoms in total. The molecule has 116 valence electrons. The van der Waals surface area contributed by atoms with Crippen molar-refractivity contribution in [1.29, 1.82) is 0 Å². The number of hydrogen-bond acceptors (Lipinski definition) is 3. The van der Waals surface area contributed by atoms with E-state index in [0.717, 1.165) is 49.8 Å². The van der Waals surface area contributed by atoms with E-state index in [4.69, 9.17) is 5.73 Å². The maximum atomic E-state index is 14.3. The van der Waals surface area contributed by atoms with E-state index in [1.54, 1.807) is 12.1 Å². The summed E-state index contributed by atoms with van der Waals surface area (Å²) in [5, 5.41) is 0. The number of benzene rings is 1. The summed E-state index contributed by atoms with van der Waals surface area (Å²) in [7, 11) is 0. The van der Waals surface area contributed by atoms with E-state index >= 15 is 0 Å². The van der Waals surface area contributed by atoms with E-state index in [1.165, 1.54) is 19.4 Å². The van der Waals surface area contributed by atoms with Gasteiger partial charge >= 0.3 is 0 Å². The van der Waals surface area contributed by atoms with E-state index in [1.807, 2.05) is 13.0 Å². The Kier molecular flexibility index (Phi) is 4.45.